The Balaban J connectivity index is 1.51. The first-order chi connectivity index (χ1) is 14.1. The predicted molar refractivity (Wildman–Crippen MR) is 112 cm³/mol. The Labute approximate surface area is 173 Å². The fraction of sp³-hybridized carbons (Fsp3) is 0.286. The zero-order valence-electron chi connectivity index (χ0n) is 16.3. The predicted octanol–water partition coefficient (Wildman–Crippen LogP) is 3.26. The van der Waals surface area contributed by atoms with Gasteiger partial charge in [-0.3, -0.25) is 4.79 Å². The Morgan fingerprint density at radius 2 is 1.79 bits per heavy atom. The van der Waals surface area contributed by atoms with Crippen LogP contribution in [0.25, 0.3) is 10.9 Å². The second kappa shape index (κ2) is 8.13. The van der Waals surface area contributed by atoms with Crippen LogP contribution in [0.15, 0.2) is 42.7 Å². The number of rotatable bonds is 4. The van der Waals surface area contributed by atoms with Gasteiger partial charge in [0.1, 0.15) is 23.6 Å². The number of nitrogens with zero attached hydrogens (tertiary/aromatic N) is 4. The van der Waals surface area contributed by atoms with Crippen LogP contribution in [0, 0.1) is 0 Å². The molecule has 0 unspecified atom stereocenters. The van der Waals surface area contributed by atoms with Crippen LogP contribution in [0.2, 0.25) is 5.02 Å². The maximum Gasteiger partial charge on any atom is 0.257 e. The maximum atomic E-state index is 13.0. The Morgan fingerprint density at radius 3 is 2.52 bits per heavy atom. The molecular weight excluding hydrogens is 392 g/mol. The molecule has 3 aromatic rings. The molecule has 0 radical (unpaired) electrons. The smallest absolute Gasteiger partial charge is 0.257 e. The first-order valence-corrected chi connectivity index (χ1v) is 9.65. The second-order valence-corrected chi connectivity index (χ2v) is 7.14. The first-order valence-electron chi connectivity index (χ1n) is 9.27. The van der Waals surface area contributed by atoms with E-state index in [4.69, 9.17) is 21.1 Å². The zero-order valence-corrected chi connectivity index (χ0v) is 17.0. The highest BCUT2D eigenvalue weighted by Gasteiger charge is 2.26. The number of piperazine rings is 1. The molecule has 150 valence electrons. The largest absolute Gasteiger partial charge is 0.497 e. The van der Waals surface area contributed by atoms with Crippen LogP contribution in [-0.2, 0) is 0 Å². The van der Waals surface area contributed by atoms with Crippen LogP contribution >= 0.6 is 11.6 Å². The molecule has 0 N–H and O–H groups in total. The minimum atomic E-state index is -0.0523. The van der Waals surface area contributed by atoms with Gasteiger partial charge < -0.3 is 19.3 Å². The minimum absolute atomic E-state index is 0.0523. The highest BCUT2D eigenvalue weighted by atomic mass is 35.5. The van der Waals surface area contributed by atoms with Crippen molar-refractivity contribution in [3.63, 3.8) is 0 Å². The molecule has 4 rings (SSSR count). The third-order valence-electron chi connectivity index (χ3n) is 5.08. The molecule has 0 saturated carbocycles. The van der Waals surface area contributed by atoms with Crippen LogP contribution < -0.4 is 14.4 Å². The average Bonchev–Trinajstić information content (AvgIpc) is 2.77. The fourth-order valence-corrected chi connectivity index (χ4v) is 3.70. The van der Waals surface area contributed by atoms with E-state index in [9.17, 15) is 4.79 Å². The van der Waals surface area contributed by atoms with Gasteiger partial charge in [-0.2, -0.15) is 0 Å². The molecule has 0 bridgehead atoms. The van der Waals surface area contributed by atoms with Crippen molar-refractivity contribution in [1.29, 1.82) is 0 Å². The van der Waals surface area contributed by atoms with Gasteiger partial charge in [-0.1, -0.05) is 11.6 Å². The van der Waals surface area contributed by atoms with E-state index >= 15 is 0 Å². The summed E-state index contributed by atoms with van der Waals surface area (Å²) in [5, 5.41) is 1.60. The standard InChI is InChI=1S/C21H21ClN4O3/c1-28-15-4-6-17(19(12-15)29-2)21(27)26-9-7-25(8-10-26)20-16-5-3-14(22)11-18(16)23-13-24-20/h3-6,11-13H,7-10H2,1-2H3. The van der Waals surface area contributed by atoms with E-state index in [0.29, 0.717) is 48.3 Å². The van der Waals surface area contributed by atoms with Crippen molar-refractivity contribution in [3.8, 4) is 11.5 Å². The Bertz CT molecular complexity index is 1050. The number of amides is 1. The van der Waals surface area contributed by atoms with Crippen molar-refractivity contribution < 1.29 is 14.3 Å². The quantitative estimate of drug-likeness (QED) is 0.655. The van der Waals surface area contributed by atoms with Gasteiger partial charge in [0.05, 0.1) is 25.3 Å². The minimum Gasteiger partial charge on any atom is -0.497 e. The summed E-state index contributed by atoms with van der Waals surface area (Å²) >= 11 is 6.08. The van der Waals surface area contributed by atoms with Crippen LogP contribution in [0.4, 0.5) is 5.82 Å². The van der Waals surface area contributed by atoms with E-state index in [1.54, 1.807) is 38.7 Å². The van der Waals surface area contributed by atoms with E-state index in [1.807, 2.05) is 23.1 Å². The number of carbonyl (C=O) groups is 1. The number of methoxy groups -OCH3 is 2. The molecule has 1 saturated heterocycles. The molecule has 1 aromatic heterocycles. The third kappa shape index (κ3) is 3.78. The van der Waals surface area contributed by atoms with E-state index < -0.39 is 0 Å². The number of fused-ring (bicyclic) bond motifs is 1. The van der Waals surface area contributed by atoms with E-state index in [0.717, 1.165) is 16.7 Å². The highest BCUT2D eigenvalue weighted by molar-refractivity contribution is 6.31. The fourth-order valence-electron chi connectivity index (χ4n) is 3.53. The molecule has 0 aliphatic carbocycles. The first kappa shape index (κ1) is 19.3. The van der Waals surface area contributed by atoms with Crippen LogP contribution in [0.1, 0.15) is 10.4 Å². The van der Waals surface area contributed by atoms with Crippen molar-refractivity contribution in [3.05, 3.63) is 53.3 Å². The Kier molecular flexibility index (Phi) is 5.40. The summed E-state index contributed by atoms with van der Waals surface area (Å²) in [6.45, 7) is 2.54. The number of hydrogen-bond acceptors (Lipinski definition) is 6. The molecular formula is C21H21ClN4O3. The number of benzene rings is 2. The van der Waals surface area contributed by atoms with Gasteiger partial charge in [0, 0.05) is 42.7 Å². The summed E-state index contributed by atoms with van der Waals surface area (Å²) in [7, 11) is 3.14. The molecule has 2 aromatic carbocycles. The topological polar surface area (TPSA) is 67.8 Å². The summed E-state index contributed by atoms with van der Waals surface area (Å²) in [6.07, 6.45) is 1.55. The maximum absolute atomic E-state index is 13.0. The van der Waals surface area contributed by atoms with Gasteiger partial charge in [-0.25, -0.2) is 9.97 Å². The molecule has 8 heteroatoms. The normalized spacial score (nSPS) is 14.2. The van der Waals surface area contributed by atoms with Gasteiger partial charge in [0.25, 0.3) is 5.91 Å². The summed E-state index contributed by atoms with van der Waals surface area (Å²) in [4.78, 5) is 25.8. The zero-order chi connectivity index (χ0) is 20.4. The van der Waals surface area contributed by atoms with E-state index in [1.165, 1.54) is 0 Å². The lowest BCUT2D eigenvalue weighted by Gasteiger charge is -2.36. The van der Waals surface area contributed by atoms with Gasteiger partial charge >= 0.3 is 0 Å². The molecule has 7 nitrogen and oxygen atoms in total. The molecule has 0 atom stereocenters. The van der Waals surface area contributed by atoms with Gasteiger partial charge in [-0.05, 0) is 30.3 Å². The molecule has 1 amide bonds. The molecule has 0 spiro atoms. The summed E-state index contributed by atoms with van der Waals surface area (Å²) in [6, 6.07) is 10.8. The number of ether oxygens (including phenoxy) is 2. The van der Waals surface area contributed by atoms with Gasteiger partial charge in [0.15, 0.2) is 0 Å². The van der Waals surface area contributed by atoms with Crippen LogP contribution in [0.3, 0.4) is 0 Å². The van der Waals surface area contributed by atoms with Gasteiger partial charge in [0.2, 0.25) is 0 Å². The number of aromatic nitrogens is 2. The average molecular weight is 413 g/mol. The molecule has 2 heterocycles. The lowest BCUT2D eigenvalue weighted by molar-refractivity contribution is 0.0743. The lowest BCUT2D eigenvalue weighted by atomic mass is 10.1. The Morgan fingerprint density at radius 1 is 1.00 bits per heavy atom. The van der Waals surface area contributed by atoms with E-state index in [-0.39, 0.29) is 5.91 Å². The molecule has 29 heavy (non-hydrogen) atoms. The highest BCUT2D eigenvalue weighted by Crippen LogP contribution is 2.28. The van der Waals surface area contributed by atoms with Crippen LogP contribution in [0.5, 0.6) is 11.5 Å². The van der Waals surface area contributed by atoms with Crippen molar-refractivity contribution in [2.45, 2.75) is 0 Å². The second-order valence-electron chi connectivity index (χ2n) is 6.70. The molecule has 1 fully saturated rings. The number of anilines is 1. The SMILES string of the molecule is COc1ccc(C(=O)N2CCN(c3ncnc4cc(Cl)ccc34)CC2)c(OC)c1. The number of carbonyl (C=O) groups excluding carboxylic acids is 1. The summed E-state index contributed by atoms with van der Waals surface area (Å²) in [5.41, 5.74) is 1.34. The number of hydrogen-bond donors (Lipinski definition) is 0. The van der Waals surface area contributed by atoms with Crippen molar-refractivity contribution >= 4 is 34.2 Å². The molecule has 1 aliphatic rings. The van der Waals surface area contributed by atoms with Crippen molar-refractivity contribution in [2.75, 3.05) is 45.3 Å². The third-order valence-corrected chi connectivity index (χ3v) is 5.32. The van der Waals surface area contributed by atoms with Crippen molar-refractivity contribution in [1.82, 2.24) is 14.9 Å². The van der Waals surface area contributed by atoms with Crippen molar-refractivity contribution in [2.24, 2.45) is 0 Å². The van der Waals surface area contributed by atoms with Crippen LogP contribution in [-0.4, -0.2) is 61.2 Å². The van der Waals surface area contributed by atoms with E-state index in [2.05, 4.69) is 14.9 Å². The summed E-state index contributed by atoms with van der Waals surface area (Å²) < 4.78 is 10.6. The monoisotopic (exact) mass is 412 g/mol. The summed E-state index contributed by atoms with van der Waals surface area (Å²) in [5.74, 6) is 1.97. The van der Waals surface area contributed by atoms with Gasteiger partial charge in [-0.15, -0.1) is 0 Å². The lowest BCUT2D eigenvalue weighted by Crippen LogP contribution is -2.49. The molecule has 1 aliphatic heterocycles. The Hall–Kier alpha value is -3.06. The number of halogens is 1.